The zero-order valence-corrected chi connectivity index (χ0v) is 11.1. The van der Waals surface area contributed by atoms with Crippen molar-refractivity contribution >= 4 is 11.9 Å². The monoisotopic (exact) mass is 252 g/mol. The van der Waals surface area contributed by atoms with Crippen molar-refractivity contribution in [1.82, 2.24) is 0 Å². The summed E-state index contributed by atoms with van der Waals surface area (Å²) in [5, 5.41) is 18.1. The molecule has 0 saturated heterocycles. The fraction of sp³-hybridized carbons (Fsp3) is 0.714. The Labute approximate surface area is 107 Å². The first-order valence-electron chi connectivity index (χ1n) is 6.38. The predicted octanol–water partition coefficient (Wildman–Crippen LogP) is 2.54. The molecule has 0 amide bonds. The van der Waals surface area contributed by atoms with E-state index in [-0.39, 0.29) is 22.3 Å². The Morgan fingerprint density at radius 1 is 1.22 bits per heavy atom. The lowest BCUT2D eigenvalue weighted by atomic mass is 9.65. The van der Waals surface area contributed by atoms with Gasteiger partial charge >= 0.3 is 11.9 Å². The molecule has 3 atom stereocenters. The van der Waals surface area contributed by atoms with Gasteiger partial charge in [0.1, 0.15) is 0 Å². The number of aliphatic carboxylic acids is 2. The summed E-state index contributed by atoms with van der Waals surface area (Å²) in [7, 11) is 0. The first kappa shape index (κ1) is 13.1. The van der Waals surface area contributed by atoms with Crippen molar-refractivity contribution < 1.29 is 19.8 Å². The van der Waals surface area contributed by atoms with Crippen molar-refractivity contribution in [2.75, 3.05) is 0 Å². The summed E-state index contributed by atoms with van der Waals surface area (Å²) < 4.78 is 0. The summed E-state index contributed by atoms with van der Waals surface area (Å²) in [4.78, 5) is 22.1. The van der Waals surface area contributed by atoms with E-state index in [4.69, 9.17) is 5.11 Å². The number of hydrogen-bond acceptors (Lipinski definition) is 2. The second-order valence-electron chi connectivity index (χ2n) is 6.41. The summed E-state index contributed by atoms with van der Waals surface area (Å²) in [6, 6.07) is 0. The van der Waals surface area contributed by atoms with E-state index in [0.29, 0.717) is 5.92 Å². The van der Waals surface area contributed by atoms with Gasteiger partial charge in [0.15, 0.2) is 0 Å². The third-order valence-corrected chi connectivity index (χ3v) is 5.70. The molecule has 0 aromatic rings. The molecule has 0 spiro atoms. The van der Waals surface area contributed by atoms with Crippen LogP contribution in [0.2, 0.25) is 0 Å². The van der Waals surface area contributed by atoms with Crippen LogP contribution < -0.4 is 0 Å². The first-order valence-corrected chi connectivity index (χ1v) is 6.38. The highest BCUT2D eigenvalue weighted by Crippen LogP contribution is 2.69. The molecule has 0 aromatic heterocycles. The highest BCUT2D eigenvalue weighted by molar-refractivity contribution is 5.95. The molecule has 0 aromatic carbocycles. The van der Waals surface area contributed by atoms with Crippen LogP contribution in [0, 0.1) is 22.7 Å². The van der Waals surface area contributed by atoms with Gasteiger partial charge in [0, 0.05) is 11.6 Å². The van der Waals surface area contributed by atoms with Crippen LogP contribution in [0.4, 0.5) is 0 Å². The van der Waals surface area contributed by atoms with Crippen LogP contribution in [0.5, 0.6) is 0 Å². The number of hydrogen-bond donors (Lipinski definition) is 2. The molecule has 2 rings (SSSR count). The molecule has 2 aliphatic carbocycles. The first-order chi connectivity index (χ1) is 8.20. The molecule has 3 unspecified atom stereocenters. The highest BCUT2D eigenvalue weighted by Gasteiger charge is 2.62. The molecule has 4 nitrogen and oxygen atoms in total. The van der Waals surface area contributed by atoms with Gasteiger partial charge in [-0.05, 0) is 41.9 Å². The number of rotatable bonds is 3. The van der Waals surface area contributed by atoms with Crippen molar-refractivity contribution in [2.45, 2.75) is 40.0 Å². The number of fused-ring (bicyclic) bond motifs is 2. The molecule has 4 heteroatoms. The Morgan fingerprint density at radius 2 is 1.83 bits per heavy atom. The molecule has 18 heavy (non-hydrogen) atoms. The van der Waals surface area contributed by atoms with Gasteiger partial charge in [0.25, 0.3) is 0 Å². The topological polar surface area (TPSA) is 74.6 Å². The van der Waals surface area contributed by atoms with Gasteiger partial charge in [-0.3, -0.25) is 0 Å². The van der Waals surface area contributed by atoms with Crippen molar-refractivity contribution in [1.29, 1.82) is 0 Å². The lowest BCUT2D eigenvalue weighted by Gasteiger charge is -2.39. The lowest BCUT2D eigenvalue weighted by Crippen LogP contribution is -2.34. The van der Waals surface area contributed by atoms with E-state index in [9.17, 15) is 14.7 Å². The molecule has 2 N–H and O–H groups in total. The molecule has 2 saturated carbocycles. The third-order valence-electron chi connectivity index (χ3n) is 5.70. The van der Waals surface area contributed by atoms with Crippen LogP contribution in [0.25, 0.3) is 0 Å². The third kappa shape index (κ3) is 1.58. The van der Waals surface area contributed by atoms with E-state index in [1.54, 1.807) is 0 Å². The fourth-order valence-electron chi connectivity index (χ4n) is 4.12. The van der Waals surface area contributed by atoms with E-state index in [0.717, 1.165) is 25.3 Å². The Bertz CT molecular complexity index is 435. The van der Waals surface area contributed by atoms with E-state index >= 15 is 0 Å². The molecular weight excluding hydrogens is 232 g/mol. The molecule has 0 radical (unpaired) electrons. The van der Waals surface area contributed by atoms with Crippen LogP contribution in [-0.4, -0.2) is 22.2 Å². The Kier molecular flexibility index (Phi) is 2.80. The summed E-state index contributed by atoms with van der Waals surface area (Å²) in [5.74, 6) is -1.90. The SMILES string of the molecule is CC1(C)C2CCC1(C)C(/C(=C/C(=O)O)C(=O)O)C2. The van der Waals surface area contributed by atoms with Crippen LogP contribution >= 0.6 is 0 Å². The highest BCUT2D eigenvalue weighted by atomic mass is 16.4. The molecular formula is C14H20O4. The molecule has 100 valence electrons. The van der Waals surface area contributed by atoms with Gasteiger partial charge < -0.3 is 10.2 Å². The second kappa shape index (κ2) is 3.84. The maximum Gasteiger partial charge on any atom is 0.332 e. The van der Waals surface area contributed by atoms with E-state index in [2.05, 4.69) is 20.8 Å². The Balaban J connectivity index is 2.42. The van der Waals surface area contributed by atoms with E-state index in [1.807, 2.05) is 0 Å². The minimum absolute atomic E-state index is 0.0697. The van der Waals surface area contributed by atoms with Gasteiger partial charge in [0.2, 0.25) is 0 Å². The molecule has 0 heterocycles. The van der Waals surface area contributed by atoms with Crippen molar-refractivity contribution in [3.8, 4) is 0 Å². The van der Waals surface area contributed by atoms with Crippen molar-refractivity contribution in [3.05, 3.63) is 11.6 Å². The number of carbonyl (C=O) groups is 2. The standard InChI is InChI=1S/C14H20O4/c1-13(2)8-4-5-14(13,3)10(6-8)9(12(17)18)7-11(15)16/h7-8,10H,4-6H2,1-3H3,(H,15,16)(H,17,18)/b9-7-. The zero-order valence-electron chi connectivity index (χ0n) is 11.1. The quantitative estimate of drug-likeness (QED) is 0.757. The Hall–Kier alpha value is -1.32. The van der Waals surface area contributed by atoms with Crippen molar-refractivity contribution in [2.24, 2.45) is 22.7 Å². The lowest BCUT2D eigenvalue weighted by molar-refractivity contribution is -0.136. The van der Waals surface area contributed by atoms with E-state index in [1.165, 1.54) is 0 Å². The zero-order chi connectivity index (χ0) is 13.7. The van der Waals surface area contributed by atoms with Crippen LogP contribution in [-0.2, 0) is 9.59 Å². The van der Waals surface area contributed by atoms with Crippen LogP contribution in [0.15, 0.2) is 11.6 Å². The summed E-state index contributed by atoms with van der Waals surface area (Å²) in [6.07, 6.45) is 3.80. The summed E-state index contributed by atoms with van der Waals surface area (Å²) >= 11 is 0. The molecule has 0 aliphatic heterocycles. The minimum atomic E-state index is -1.17. The number of carboxylic acid groups (broad SMARTS) is 2. The maximum atomic E-state index is 11.3. The average molecular weight is 252 g/mol. The molecule has 2 bridgehead atoms. The fourth-order valence-corrected chi connectivity index (χ4v) is 4.12. The van der Waals surface area contributed by atoms with Crippen LogP contribution in [0.1, 0.15) is 40.0 Å². The predicted molar refractivity (Wildman–Crippen MR) is 66.1 cm³/mol. The van der Waals surface area contributed by atoms with Gasteiger partial charge in [0.05, 0.1) is 0 Å². The largest absolute Gasteiger partial charge is 0.478 e. The van der Waals surface area contributed by atoms with Crippen molar-refractivity contribution in [3.63, 3.8) is 0 Å². The Morgan fingerprint density at radius 3 is 2.17 bits per heavy atom. The van der Waals surface area contributed by atoms with Gasteiger partial charge in [-0.25, -0.2) is 9.59 Å². The summed E-state index contributed by atoms with van der Waals surface area (Å²) in [5.41, 5.74) is 0.0578. The number of carboxylic acids is 2. The van der Waals surface area contributed by atoms with Gasteiger partial charge in [-0.1, -0.05) is 20.8 Å². The average Bonchev–Trinajstić information content (AvgIpc) is 2.57. The maximum absolute atomic E-state index is 11.3. The molecule has 2 aliphatic rings. The minimum Gasteiger partial charge on any atom is -0.478 e. The molecule has 2 fully saturated rings. The van der Waals surface area contributed by atoms with Gasteiger partial charge in [-0.2, -0.15) is 0 Å². The van der Waals surface area contributed by atoms with Crippen LogP contribution in [0.3, 0.4) is 0 Å². The normalized spacial score (nSPS) is 37.8. The van der Waals surface area contributed by atoms with Gasteiger partial charge in [-0.15, -0.1) is 0 Å². The smallest absolute Gasteiger partial charge is 0.332 e. The van der Waals surface area contributed by atoms with E-state index < -0.39 is 11.9 Å². The summed E-state index contributed by atoms with van der Waals surface area (Å²) in [6.45, 7) is 6.49. The second-order valence-corrected chi connectivity index (χ2v) is 6.41.